The van der Waals surface area contributed by atoms with Crippen LogP contribution in [0, 0.1) is 0 Å². The number of benzene rings is 2. The van der Waals surface area contributed by atoms with Crippen LogP contribution < -0.4 is 10.1 Å². The fourth-order valence-corrected chi connectivity index (χ4v) is 2.25. The van der Waals surface area contributed by atoms with Gasteiger partial charge >= 0.3 is 0 Å². The molecule has 0 amide bonds. The van der Waals surface area contributed by atoms with Crippen molar-refractivity contribution in [3.8, 4) is 5.75 Å². The summed E-state index contributed by atoms with van der Waals surface area (Å²) >= 11 is 8.88. The Bertz CT molecular complexity index is 571. The SMILES string of the molecule is COc1ccccc1C(=S)Nc1ccccc1Br. The average Bonchev–Trinajstić information content (AvgIpc) is 2.41. The Hall–Kier alpha value is -1.39. The zero-order chi connectivity index (χ0) is 13.0. The van der Waals surface area contributed by atoms with Gasteiger partial charge in [0.05, 0.1) is 18.4 Å². The maximum atomic E-state index is 5.40. The van der Waals surface area contributed by atoms with Crippen molar-refractivity contribution >= 4 is 38.8 Å². The summed E-state index contributed by atoms with van der Waals surface area (Å²) in [6.45, 7) is 0. The molecule has 18 heavy (non-hydrogen) atoms. The minimum absolute atomic E-state index is 0.638. The van der Waals surface area contributed by atoms with E-state index in [1.54, 1.807) is 7.11 Å². The van der Waals surface area contributed by atoms with Crippen LogP contribution in [0.4, 0.5) is 5.69 Å². The second-order valence-electron chi connectivity index (χ2n) is 3.63. The smallest absolute Gasteiger partial charge is 0.129 e. The minimum Gasteiger partial charge on any atom is -0.496 e. The van der Waals surface area contributed by atoms with Crippen molar-refractivity contribution in [1.82, 2.24) is 0 Å². The molecule has 2 rings (SSSR count). The summed E-state index contributed by atoms with van der Waals surface area (Å²) in [6, 6.07) is 15.5. The Kier molecular flexibility index (Phi) is 4.33. The predicted octanol–water partition coefficient (Wildman–Crippen LogP) is 4.25. The molecule has 0 aliphatic heterocycles. The Morgan fingerprint density at radius 2 is 1.78 bits per heavy atom. The van der Waals surface area contributed by atoms with Crippen molar-refractivity contribution in [3.05, 3.63) is 58.6 Å². The third kappa shape index (κ3) is 2.89. The van der Waals surface area contributed by atoms with Crippen molar-refractivity contribution in [2.45, 2.75) is 0 Å². The maximum Gasteiger partial charge on any atom is 0.129 e. The van der Waals surface area contributed by atoms with Gasteiger partial charge in [-0.15, -0.1) is 0 Å². The molecule has 4 heteroatoms. The maximum absolute atomic E-state index is 5.40. The van der Waals surface area contributed by atoms with Crippen LogP contribution in [-0.4, -0.2) is 12.1 Å². The van der Waals surface area contributed by atoms with E-state index >= 15 is 0 Å². The quantitative estimate of drug-likeness (QED) is 0.854. The Balaban J connectivity index is 2.25. The summed E-state index contributed by atoms with van der Waals surface area (Å²) in [5.74, 6) is 0.766. The van der Waals surface area contributed by atoms with E-state index in [0.29, 0.717) is 4.99 Å². The van der Waals surface area contributed by atoms with Crippen LogP contribution in [-0.2, 0) is 0 Å². The van der Waals surface area contributed by atoms with E-state index in [0.717, 1.165) is 21.5 Å². The summed E-state index contributed by atoms with van der Waals surface area (Å²) in [7, 11) is 1.64. The molecule has 0 fully saturated rings. The van der Waals surface area contributed by atoms with Gasteiger partial charge in [0, 0.05) is 4.47 Å². The number of para-hydroxylation sites is 2. The fourth-order valence-electron chi connectivity index (χ4n) is 1.58. The molecule has 0 unspecified atom stereocenters. The van der Waals surface area contributed by atoms with E-state index < -0.39 is 0 Å². The third-order valence-electron chi connectivity index (χ3n) is 2.47. The highest BCUT2D eigenvalue weighted by molar-refractivity contribution is 9.10. The van der Waals surface area contributed by atoms with Crippen LogP contribution in [0.5, 0.6) is 5.75 Å². The number of hydrogen-bond donors (Lipinski definition) is 1. The van der Waals surface area contributed by atoms with Crippen LogP contribution in [0.1, 0.15) is 5.56 Å². The number of methoxy groups -OCH3 is 1. The highest BCUT2D eigenvalue weighted by Gasteiger charge is 2.08. The second kappa shape index (κ2) is 5.98. The minimum atomic E-state index is 0.638. The monoisotopic (exact) mass is 321 g/mol. The standard InChI is InChI=1S/C14H12BrNOS/c1-17-13-9-5-2-6-10(13)14(18)16-12-8-4-3-7-11(12)15/h2-9H,1H3,(H,16,18). The summed E-state index contributed by atoms with van der Waals surface area (Å²) in [5, 5.41) is 3.21. The summed E-state index contributed by atoms with van der Waals surface area (Å²) in [5.41, 5.74) is 1.82. The molecule has 1 N–H and O–H groups in total. The summed E-state index contributed by atoms with van der Waals surface area (Å²) in [6.07, 6.45) is 0. The normalized spacial score (nSPS) is 9.89. The molecule has 0 atom stereocenters. The Morgan fingerprint density at radius 3 is 2.50 bits per heavy atom. The average molecular weight is 322 g/mol. The van der Waals surface area contributed by atoms with E-state index in [1.165, 1.54) is 0 Å². The molecule has 0 aliphatic rings. The van der Waals surface area contributed by atoms with Gasteiger partial charge in [-0.05, 0) is 40.2 Å². The zero-order valence-corrected chi connectivity index (χ0v) is 12.2. The van der Waals surface area contributed by atoms with Crippen LogP contribution in [0.25, 0.3) is 0 Å². The number of nitrogens with one attached hydrogen (secondary N) is 1. The van der Waals surface area contributed by atoms with E-state index in [9.17, 15) is 0 Å². The predicted molar refractivity (Wildman–Crippen MR) is 82.5 cm³/mol. The number of rotatable bonds is 3. The fraction of sp³-hybridized carbons (Fsp3) is 0.0714. The first kappa shape index (κ1) is 13.1. The first-order valence-corrected chi connectivity index (χ1v) is 6.61. The lowest BCUT2D eigenvalue weighted by atomic mass is 10.2. The van der Waals surface area contributed by atoms with Gasteiger partial charge in [-0.3, -0.25) is 0 Å². The van der Waals surface area contributed by atoms with E-state index in [4.69, 9.17) is 17.0 Å². The first-order valence-electron chi connectivity index (χ1n) is 5.41. The van der Waals surface area contributed by atoms with Gasteiger partial charge in [-0.25, -0.2) is 0 Å². The van der Waals surface area contributed by atoms with Crippen molar-refractivity contribution in [2.24, 2.45) is 0 Å². The topological polar surface area (TPSA) is 21.3 Å². The van der Waals surface area contributed by atoms with Crippen LogP contribution in [0.3, 0.4) is 0 Å². The van der Waals surface area contributed by atoms with E-state index in [-0.39, 0.29) is 0 Å². The Morgan fingerprint density at radius 1 is 1.11 bits per heavy atom. The lowest BCUT2D eigenvalue weighted by Gasteiger charge is -2.12. The number of anilines is 1. The summed E-state index contributed by atoms with van der Waals surface area (Å²) < 4.78 is 6.27. The van der Waals surface area contributed by atoms with Crippen molar-refractivity contribution in [2.75, 3.05) is 12.4 Å². The van der Waals surface area contributed by atoms with Gasteiger partial charge in [-0.2, -0.15) is 0 Å². The van der Waals surface area contributed by atoms with Crippen molar-refractivity contribution < 1.29 is 4.74 Å². The van der Waals surface area contributed by atoms with Gasteiger partial charge < -0.3 is 10.1 Å². The van der Waals surface area contributed by atoms with Gasteiger partial charge in [-0.1, -0.05) is 36.5 Å². The first-order chi connectivity index (χ1) is 8.72. The Labute approximate surface area is 120 Å². The van der Waals surface area contributed by atoms with Crippen molar-refractivity contribution in [3.63, 3.8) is 0 Å². The molecule has 0 bridgehead atoms. The molecular formula is C14H12BrNOS. The van der Waals surface area contributed by atoms with Crippen LogP contribution >= 0.6 is 28.1 Å². The zero-order valence-electron chi connectivity index (χ0n) is 9.81. The molecule has 0 radical (unpaired) electrons. The van der Waals surface area contributed by atoms with Gasteiger partial charge in [0.15, 0.2) is 0 Å². The van der Waals surface area contributed by atoms with Gasteiger partial charge in [0.2, 0.25) is 0 Å². The molecule has 0 heterocycles. The number of thiocarbonyl (C=S) groups is 1. The highest BCUT2D eigenvalue weighted by Crippen LogP contribution is 2.24. The van der Waals surface area contributed by atoms with Crippen LogP contribution in [0.15, 0.2) is 53.0 Å². The largest absolute Gasteiger partial charge is 0.496 e. The molecule has 2 nitrogen and oxygen atoms in total. The van der Waals surface area contributed by atoms with Gasteiger partial charge in [0.1, 0.15) is 10.7 Å². The second-order valence-corrected chi connectivity index (χ2v) is 4.90. The van der Waals surface area contributed by atoms with Crippen molar-refractivity contribution in [1.29, 1.82) is 0 Å². The van der Waals surface area contributed by atoms with Gasteiger partial charge in [0.25, 0.3) is 0 Å². The molecule has 0 spiro atoms. The van der Waals surface area contributed by atoms with E-state index in [1.807, 2.05) is 48.5 Å². The van der Waals surface area contributed by atoms with Crippen LogP contribution in [0.2, 0.25) is 0 Å². The third-order valence-corrected chi connectivity index (χ3v) is 3.49. The molecule has 0 saturated heterocycles. The molecule has 2 aromatic rings. The number of hydrogen-bond acceptors (Lipinski definition) is 2. The molecule has 0 saturated carbocycles. The molecule has 0 aromatic heterocycles. The number of ether oxygens (including phenoxy) is 1. The lowest BCUT2D eigenvalue weighted by molar-refractivity contribution is 0.414. The molecule has 92 valence electrons. The van der Waals surface area contributed by atoms with E-state index in [2.05, 4.69) is 21.2 Å². The molecular weight excluding hydrogens is 310 g/mol. The summed E-state index contributed by atoms with van der Waals surface area (Å²) in [4.78, 5) is 0.638. The number of halogens is 1. The lowest BCUT2D eigenvalue weighted by Crippen LogP contribution is -2.12. The highest BCUT2D eigenvalue weighted by atomic mass is 79.9. The molecule has 0 aliphatic carbocycles. The molecule has 2 aromatic carbocycles.